The Morgan fingerprint density at radius 2 is 2.00 bits per heavy atom. The molecule has 184 valence electrons. The Bertz CT molecular complexity index is 1210. The Balaban J connectivity index is 1.40. The monoisotopic (exact) mass is 515 g/mol. The van der Waals surface area contributed by atoms with Gasteiger partial charge in [0.1, 0.15) is 5.82 Å². The highest BCUT2D eigenvalue weighted by atomic mass is 35.5. The van der Waals surface area contributed by atoms with Crippen LogP contribution >= 0.6 is 23.2 Å². The molecule has 0 spiro atoms. The minimum atomic E-state index is -1.03. The molecule has 3 aromatic rings. The van der Waals surface area contributed by atoms with Crippen LogP contribution in [0.5, 0.6) is 0 Å². The van der Waals surface area contributed by atoms with Gasteiger partial charge in [-0.3, -0.25) is 14.3 Å². The summed E-state index contributed by atoms with van der Waals surface area (Å²) in [6, 6.07) is 8.29. The number of aryl methyl sites for hydroxylation is 3. The topological polar surface area (TPSA) is 100 Å². The van der Waals surface area contributed by atoms with E-state index < -0.39 is 12.0 Å². The smallest absolute Gasteiger partial charge is 0.305 e. The third kappa shape index (κ3) is 6.32. The number of aliphatic carboxylic acids is 1. The molecule has 1 aromatic carbocycles. The Kier molecular flexibility index (Phi) is 7.93. The van der Waals surface area contributed by atoms with Gasteiger partial charge < -0.3 is 15.3 Å². The number of carbonyl (C=O) groups is 2. The van der Waals surface area contributed by atoms with Crippen LogP contribution in [0.25, 0.3) is 0 Å². The quantitative estimate of drug-likeness (QED) is 0.421. The summed E-state index contributed by atoms with van der Waals surface area (Å²) in [6.45, 7) is 1.59. The highest BCUT2D eigenvalue weighted by Crippen LogP contribution is 2.30. The van der Waals surface area contributed by atoms with Gasteiger partial charge >= 0.3 is 5.97 Å². The zero-order valence-corrected chi connectivity index (χ0v) is 20.9. The standard InChI is InChI=1S/C25H27Cl2N5O3/c1-31(22(13-23(33)34)17-10-19(26)12-20(27)11-17)25(35)18-14-29-32(15-18)9-3-5-21-7-6-16-4-2-8-28-24(16)30-21/h6-7,10-12,14-15,22H,2-5,8-9,13H2,1H3,(H,28,30)(H,33,34). The number of hydrogen-bond donors (Lipinski definition) is 2. The molecule has 0 radical (unpaired) electrons. The average Bonchev–Trinajstić information content (AvgIpc) is 3.29. The minimum absolute atomic E-state index is 0.282. The van der Waals surface area contributed by atoms with Crippen LogP contribution in [0.15, 0.2) is 42.7 Å². The molecule has 1 unspecified atom stereocenters. The summed E-state index contributed by atoms with van der Waals surface area (Å²) >= 11 is 12.2. The van der Waals surface area contributed by atoms with E-state index in [-0.39, 0.29) is 12.3 Å². The molecular weight excluding hydrogens is 489 g/mol. The summed E-state index contributed by atoms with van der Waals surface area (Å²) in [5, 5.41) is 17.8. The molecule has 2 N–H and O–H groups in total. The van der Waals surface area contributed by atoms with Crippen LogP contribution in [-0.2, 0) is 24.2 Å². The fraction of sp³-hybridized carbons (Fsp3) is 0.360. The van der Waals surface area contributed by atoms with Crippen molar-refractivity contribution in [2.75, 3.05) is 18.9 Å². The highest BCUT2D eigenvalue weighted by Gasteiger charge is 2.26. The molecule has 0 saturated carbocycles. The van der Waals surface area contributed by atoms with E-state index in [4.69, 9.17) is 28.2 Å². The number of fused-ring (bicyclic) bond motifs is 1. The first-order chi connectivity index (χ1) is 16.8. The molecular formula is C25H27Cl2N5O3. The lowest BCUT2D eigenvalue weighted by molar-refractivity contribution is -0.138. The largest absolute Gasteiger partial charge is 0.481 e. The first-order valence-electron chi connectivity index (χ1n) is 11.5. The van der Waals surface area contributed by atoms with Crippen LogP contribution < -0.4 is 5.32 Å². The van der Waals surface area contributed by atoms with E-state index >= 15 is 0 Å². The van der Waals surface area contributed by atoms with Gasteiger partial charge in [0.05, 0.1) is 24.2 Å². The Morgan fingerprint density at radius 3 is 2.74 bits per heavy atom. The second-order valence-corrected chi connectivity index (χ2v) is 9.54. The van der Waals surface area contributed by atoms with Gasteiger partial charge in [0.25, 0.3) is 5.91 Å². The van der Waals surface area contributed by atoms with Gasteiger partial charge in [-0.25, -0.2) is 4.98 Å². The van der Waals surface area contributed by atoms with Crippen molar-refractivity contribution >= 4 is 40.9 Å². The van der Waals surface area contributed by atoms with Gasteiger partial charge in [-0.15, -0.1) is 0 Å². The zero-order chi connectivity index (χ0) is 24.9. The number of halogens is 2. The molecule has 4 rings (SSSR count). The van der Waals surface area contributed by atoms with Crippen molar-refractivity contribution in [2.45, 2.75) is 44.7 Å². The number of pyridine rings is 1. The van der Waals surface area contributed by atoms with E-state index in [1.807, 2.05) is 0 Å². The number of nitrogens with one attached hydrogen (secondary N) is 1. The SMILES string of the molecule is CN(C(=O)c1cnn(CCCc2ccc3c(n2)NCCC3)c1)C(CC(=O)O)c1cc(Cl)cc(Cl)c1. The van der Waals surface area contributed by atoms with Gasteiger partial charge in [0, 0.05) is 42.1 Å². The maximum Gasteiger partial charge on any atom is 0.305 e. The van der Waals surface area contributed by atoms with Crippen LogP contribution in [0.3, 0.4) is 0 Å². The highest BCUT2D eigenvalue weighted by molar-refractivity contribution is 6.34. The number of carbonyl (C=O) groups excluding carboxylic acids is 1. The molecule has 35 heavy (non-hydrogen) atoms. The lowest BCUT2D eigenvalue weighted by atomic mass is 10.0. The molecule has 2 aromatic heterocycles. The number of carboxylic acids is 1. The van der Waals surface area contributed by atoms with Gasteiger partial charge in [0.2, 0.25) is 0 Å². The van der Waals surface area contributed by atoms with E-state index in [2.05, 4.69) is 22.5 Å². The number of nitrogens with zero attached hydrogens (tertiary/aromatic N) is 4. The fourth-order valence-electron chi connectivity index (χ4n) is 4.28. The predicted octanol–water partition coefficient (Wildman–Crippen LogP) is 4.86. The molecule has 0 fully saturated rings. The van der Waals surface area contributed by atoms with Crippen molar-refractivity contribution < 1.29 is 14.7 Å². The average molecular weight is 516 g/mol. The van der Waals surface area contributed by atoms with Gasteiger partial charge in [-0.1, -0.05) is 29.3 Å². The Labute approximate surface area is 213 Å². The minimum Gasteiger partial charge on any atom is -0.481 e. The molecule has 10 heteroatoms. The van der Waals surface area contributed by atoms with Crippen molar-refractivity contribution in [3.8, 4) is 0 Å². The summed E-state index contributed by atoms with van der Waals surface area (Å²) in [7, 11) is 1.57. The summed E-state index contributed by atoms with van der Waals surface area (Å²) in [4.78, 5) is 30.8. The predicted molar refractivity (Wildman–Crippen MR) is 135 cm³/mol. The van der Waals surface area contributed by atoms with Crippen molar-refractivity contribution in [1.29, 1.82) is 0 Å². The van der Waals surface area contributed by atoms with E-state index in [0.717, 1.165) is 43.7 Å². The molecule has 0 aliphatic carbocycles. The van der Waals surface area contributed by atoms with Crippen LogP contribution in [0.1, 0.15) is 52.5 Å². The molecule has 1 aliphatic heterocycles. The van der Waals surface area contributed by atoms with Crippen molar-refractivity contribution in [1.82, 2.24) is 19.7 Å². The summed E-state index contributed by atoms with van der Waals surface area (Å²) in [5.74, 6) is -0.380. The van der Waals surface area contributed by atoms with Gasteiger partial charge in [0.15, 0.2) is 0 Å². The molecule has 1 amide bonds. The fourth-order valence-corrected chi connectivity index (χ4v) is 4.83. The summed E-state index contributed by atoms with van der Waals surface area (Å²) in [6.07, 6.45) is 6.72. The molecule has 8 nitrogen and oxygen atoms in total. The molecule has 1 aliphatic rings. The summed E-state index contributed by atoms with van der Waals surface area (Å²) in [5.41, 5.74) is 3.23. The lowest BCUT2D eigenvalue weighted by Crippen LogP contribution is -2.32. The third-order valence-corrected chi connectivity index (χ3v) is 6.51. The lowest BCUT2D eigenvalue weighted by Gasteiger charge is -2.27. The number of hydrogen-bond acceptors (Lipinski definition) is 5. The number of aromatic nitrogens is 3. The summed E-state index contributed by atoms with van der Waals surface area (Å²) < 4.78 is 1.72. The van der Waals surface area contributed by atoms with E-state index in [9.17, 15) is 14.7 Å². The van der Waals surface area contributed by atoms with Crippen LogP contribution in [0.4, 0.5) is 5.82 Å². The number of rotatable bonds is 9. The number of carboxylic acid groups (broad SMARTS) is 1. The number of anilines is 1. The van der Waals surface area contributed by atoms with Gasteiger partial charge in [-0.05, 0) is 61.1 Å². The zero-order valence-electron chi connectivity index (χ0n) is 19.4. The van der Waals surface area contributed by atoms with E-state index in [1.165, 1.54) is 16.7 Å². The number of benzene rings is 1. The molecule has 0 saturated heterocycles. The van der Waals surface area contributed by atoms with Crippen LogP contribution in [0.2, 0.25) is 10.0 Å². The first kappa shape index (κ1) is 25.0. The Hall–Kier alpha value is -3.10. The Morgan fingerprint density at radius 1 is 1.23 bits per heavy atom. The third-order valence-electron chi connectivity index (χ3n) is 6.08. The van der Waals surface area contributed by atoms with Crippen LogP contribution in [0, 0.1) is 0 Å². The normalized spacial score (nSPS) is 13.6. The van der Waals surface area contributed by atoms with Gasteiger partial charge in [-0.2, -0.15) is 5.10 Å². The molecule has 0 bridgehead atoms. The first-order valence-corrected chi connectivity index (χ1v) is 12.3. The maximum atomic E-state index is 13.2. The van der Waals surface area contributed by atoms with Crippen molar-refractivity contribution in [3.63, 3.8) is 0 Å². The number of amides is 1. The van der Waals surface area contributed by atoms with E-state index in [1.54, 1.807) is 36.1 Å². The van der Waals surface area contributed by atoms with Crippen molar-refractivity contribution in [3.05, 3.63) is 75.2 Å². The maximum absolute atomic E-state index is 13.2. The van der Waals surface area contributed by atoms with Crippen LogP contribution in [-0.4, -0.2) is 50.2 Å². The molecule has 1 atom stereocenters. The van der Waals surface area contributed by atoms with E-state index in [0.29, 0.717) is 27.7 Å². The van der Waals surface area contributed by atoms with Crippen molar-refractivity contribution in [2.24, 2.45) is 0 Å². The second kappa shape index (κ2) is 11.1. The second-order valence-electron chi connectivity index (χ2n) is 8.67. The molecule has 3 heterocycles.